The first-order valence-corrected chi connectivity index (χ1v) is 12.5. The van der Waals surface area contributed by atoms with E-state index in [4.69, 9.17) is 30.5 Å². The second kappa shape index (κ2) is 10.5. The molecule has 0 N–H and O–H groups in total. The molecule has 184 valence electrons. The van der Waals surface area contributed by atoms with Crippen molar-refractivity contribution in [3.63, 3.8) is 0 Å². The van der Waals surface area contributed by atoms with Gasteiger partial charge in [0.05, 0.1) is 48.0 Å². The monoisotopic (exact) mass is 522 g/mol. The molecule has 9 heteroatoms. The smallest absolute Gasteiger partial charge is 0.274 e. The summed E-state index contributed by atoms with van der Waals surface area (Å²) in [7, 11) is 3.16. The van der Waals surface area contributed by atoms with Crippen LogP contribution in [0.4, 0.5) is 0 Å². The minimum absolute atomic E-state index is 0.117. The third kappa shape index (κ3) is 4.69. The van der Waals surface area contributed by atoms with Crippen molar-refractivity contribution in [1.82, 2.24) is 9.38 Å². The molecule has 3 aromatic carbocycles. The van der Waals surface area contributed by atoms with E-state index in [1.165, 1.54) is 11.3 Å². The fourth-order valence-electron chi connectivity index (χ4n) is 3.88. The lowest BCUT2D eigenvalue weighted by atomic mass is 10.2. The molecule has 2 heterocycles. The molecule has 2 aromatic heterocycles. The molecule has 0 saturated heterocycles. The van der Waals surface area contributed by atoms with Gasteiger partial charge in [0.2, 0.25) is 0 Å². The summed E-state index contributed by atoms with van der Waals surface area (Å²) in [5, 5.41) is 0.394. The van der Waals surface area contributed by atoms with Gasteiger partial charge in [-0.3, -0.25) is 4.79 Å². The highest BCUT2D eigenvalue weighted by molar-refractivity contribution is 7.15. The summed E-state index contributed by atoms with van der Waals surface area (Å²) in [4.78, 5) is 18.3. The second-order valence-electron chi connectivity index (χ2n) is 7.87. The van der Waals surface area contributed by atoms with Gasteiger partial charge < -0.3 is 18.9 Å². The molecule has 0 unspecified atom stereocenters. The lowest BCUT2D eigenvalue weighted by Gasteiger charge is -2.14. The van der Waals surface area contributed by atoms with E-state index in [0.29, 0.717) is 57.1 Å². The van der Waals surface area contributed by atoms with Crippen LogP contribution in [0, 0.1) is 0 Å². The van der Waals surface area contributed by atoms with E-state index in [-0.39, 0.29) is 5.56 Å². The van der Waals surface area contributed by atoms with Crippen molar-refractivity contribution in [2.24, 2.45) is 0 Å². The van der Waals surface area contributed by atoms with Crippen molar-refractivity contribution < 1.29 is 18.9 Å². The number of aromatic nitrogens is 2. The van der Waals surface area contributed by atoms with Crippen molar-refractivity contribution in [3.8, 4) is 23.0 Å². The number of halogens is 1. The van der Waals surface area contributed by atoms with Crippen LogP contribution in [0.15, 0.2) is 65.5 Å². The highest BCUT2D eigenvalue weighted by atomic mass is 35.5. The Kier molecular flexibility index (Phi) is 6.97. The van der Waals surface area contributed by atoms with E-state index in [0.717, 1.165) is 16.6 Å². The van der Waals surface area contributed by atoms with Gasteiger partial charge in [0.25, 0.3) is 5.56 Å². The molecule has 0 radical (unpaired) electrons. The number of rotatable bonds is 9. The Hall–Kier alpha value is -3.75. The Labute approximate surface area is 216 Å². The number of hydrogen-bond acceptors (Lipinski definition) is 7. The van der Waals surface area contributed by atoms with Crippen molar-refractivity contribution in [2.45, 2.75) is 6.42 Å². The minimum atomic E-state index is -0.117. The number of fused-ring (bicyclic) bond motifs is 3. The number of methoxy groups -OCH3 is 2. The van der Waals surface area contributed by atoms with E-state index in [1.54, 1.807) is 36.8 Å². The summed E-state index contributed by atoms with van der Waals surface area (Å²) < 4.78 is 24.7. The van der Waals surface area contributed by atoms with Crippen molar-refractivity contribution in [2.75, 3.05) is 27.4 Å². The van der Waals surface area contributed by atoms with Gasteiger partial charge in [-0.05, 0) is 48.0 Å². The van der Waals surface area contributed by atoms with Crippen LogP contribution in [-0.2, 0) is 0 Å². The van der Waals surface area contributed by atoms with Crippen LogP contribution < -0.4 is 29.0 Å². The number of thiazole rings is 1. The molecule has 36 heavy (non-hydrogen) atoms. The summed E-state index contributed by atoms with van der Waals surface area (Å²) in [5.41, 5.74) is 2.21. The molecule has 0 fully saturated rings. The third-order valence-electron chi connectivity index (χ3n) is 5.56. The Morgan fingerprint density at radius 3 is 2.47 bits per heavy atom. The molecule has 0 saturated carbocycles. The molecular formula is C27H23ClN2O5S. The summed E-state index contributed by atoms with van der Waals surface area (Å²) >= 11 is 7.87. The molecule has 0 amide bonds. The molecule has 0 aliphatic rings. The van der Waals surface area contributed by atoms with Crippen molar-refractivity contribution in [3.05, 3.63) is 86.1 Å². The molecule has 0 aliphatic carbocycles. The Morgan fingerprint density at radius 2 is 1.67 bits per heavy atom. The zero-order chi connectivity index (χ0) is 25.1. The highest BCUT2D eigenvalue weighted by Gasteiger charge is 2.14. The SMILES string of the molecule is COc1ccccc1OCCCOc1c(Cl)cc(C=c2sc3nc4ccccc4n3c2=O)cc1OC. The zero-order valence-corrected chi connectivity index (χ0v) is 21.3. The molecule has 0 bridgehead atoms. The van der Waals surface area contributed by atoms with Gasteiger partial charge in [0, 0.05) is 6.42 Å². The van der Waals surface area contributed by atoms with Crippen LogP contribution in [0.5, 0.6) is 23.0 Å². The van der Waals surface area contributed by atoms with E-state index in [1.807, 2.05) is 48.5 Å². The van der Waals surface area contributed by atoms with Gasteiger partial charge in [0.15, 0.2) is 28.0 Å². The molecule has 7 nitrogen and oxygen atoms in total. The normalized spacial score (nSPS) is 11.8. The van der Waals surface area contributed by atoms with Gasteiger partial charge in [-0.25, -0.2) is 9.38 Å². The Balaban J connectivity index is 1.32. The van der Waals surface area contributed by atoms with E-state index in [9.17, 15) is 4.79 Å². The highest BCUT2D eigenvalue weighted by Crippen LogP contribution is 2.37. The quantitative estimate of drug-likeness (QED) is 0.254. The average Bonchev–Trinajstić information content (AvgIpc) is 3.40. The van der Waals surface area contributed by atoms with Crippen molar-refractivity contribution >= 4 is 45.0 Å². The summed E-state index contributed by atoms with van der Waals surface area (Å²) in [6.45, 7) is 0.835. The number of hydrogen-bond donors (Lipinski definition) is 0. The van der Waals surface area contributed by atoms with Gasteiger partial charge in [-0.15, -0.1) is 0 Å². The predicted molar refractivity (Wildman–Crippen MR) is 142 cm³/mol. The van der Waals surface area contributed by atoms with Crippen LogP contribution in [0.25, 0.3) is 22.1 Å². The average molecular weight is 523 g/mol. The third-order valence-corrected chi connectivity index (χ3v) is 6.81. The van der Waals surface area contributed by atoms with Gasteiger partial charge in [-0.1, -0.05) is 47.2 Å². The van der Waals surface area contributed by atoms with Gasteiger partial charge in [0.1, 0.15) is 0 Å². The molecule has 0 aliphatic heterocycles. The molecule has 5 aromatic rings. The molecule has 0 atom stereocenters. The maximum absolute atomic E-state index is 13.1. The number of nitrogens with zero attached hydrogens (tertiary/aromatic N) is 2. The standard InChI is InChI=1S/C27H23ClN2O5S/c1-32-21-10-5-6-11-22(21)34-12-7-13-35-25-18(28)14-17(15-23(25)33-2)16-24-26(31)30-20-9-4-3-8-19(20)29-27(30)36-24/h3-6,8-11,14-16H,7,12-13H2,1-2H3. The molecule has 5 rings (SSSR count). The number of ether oxygens (including phenoxy) is 4. The Bertz CT molecular complexity index is 1650. The minimum Gasteiger partial charge on any atom is -0.493 e. The van der Waals surface area contributed by atoms with Crippen LogP contribution >= 0.6 is 22.9 Å². The maximum atomic E-state index is 13.1. The lowest BCUT2D eigenvalue weighted by Crippen LogP contribution is -2.22. The number of benzene rings is 3. The van der Waals surface area contributed by atoms with Crippen LogP contribution in [0.3, 0.4) is 0 Å². The summed E-state index contributed by atoms with van der Waals surface area (Å²) in [6.07, 6.45) is 2.42. The first-order valence-electron chi connectivity index (χ1n) is 11.3. The number of imidazole rings is 1. The lowest BCUT2D eigenvalue weighted by molar-refractivity contribution is 0.235. The largest absolute Gasteiger partial charge is 0.493 e. The first kappa shape index (κ1) is 24.0. The van der Waals surface area contributed by atoms with E-state index >= 15 is 0 Å². The van der Waals surface area contributed by atoms with Crippen molar-refractivity contribution in [1.29, 1.82) is 0 Å². The second-order valence-corrected chi connectivity index (χ2v) is 9.29. The van der Waals surface area contributed by atoms with E-state index in [2.05, 4.69) is 4.98 Å². The summed E-state index contributed by atoms with van der Waals surface area (Å²) in [5.74, 6) is 2.30. The fraction of sp³-hybridized carbons (Fsp3) is 0.185. The zero-order valence-electron chi connectivity index (χ0n) is 19.7. The maximum Gasteiger partial charge on any atom is 0.274 e. The summed E-state index contributed by atoms with van der Waals surface area (Å²) in [6, 6.07) is 18.6. The van der Waals surface area contributed by atoms with Crippen LogP contribution in [-0.4, -0.2) is 36.8 Å². The van der Waals surface area contributed by atoms with E-state index < -0.39 is 0 Å². The van der Waals surface area contributed by atoms with Gasteiger partial charge >= 0.3 is 0 Å². The van der Waals surface area contributed by atoms with Gasteiger partial charge in [-0.2, -0.15) is 0 Å². The number of para-hydroxylation sites is 4. The molecular weight excluding hydrogens is 500 g/mol. The fourth-order valence-corrected chi connectivity index (χ4v) is 5.14. The topological polar surface area (TPSA) is 71.3 Å². The molecule has 0 spiro atoms. The van der Waals surface area contributed by atoms with Crippen LogP contribution in [0.1, 0.15) is 12.0 Å². The first-order chi connectivity index (χ1) is 17.6. The van der Waals surface area contributed by atoms with Crippen LogP contribution in [0.2, 0.25) is 5.02 Å². The Morgan fingerprint density at radius 1 is 0.944 bits per heavy atom. The predicted octanol–water partition coefficient (Wildman–Crippen LogP) is 4.98.